The van der Waals surface area contributed by atoms with Crippen LogP contribution in [0.5, 0.6) is 5.75 Å². The molecule has 0 radical (unpaired) electrons. The van der Waals surface area contributed by atoms with Gasteiger partial charge in [-0.15, -0.1) is 10.2 Å². The zero-order valence-electron chi connectivity index (χ0n) is 19.5. The fourth-order valence-electron chi connectivity index (χ4n) is 4.37. The summed E-state index contributed by atoms with van der Waals surface area (Å²) in [6.07, 6.45) is -2.32. The summed E-state index contributed by atoms with van der Waals surface area (Å²) >= 11 is 0. The van der Waals surface area contributed by atoms with Crippen molar-refractivity contribution in [3.05, 3.63) is 69.8 Å². The predicted octanol–water partition coefficient (Wildman–Crippen LogP) is 2.14. The first-order valence-electron chi connectivity index (χ1n) is 10.6. The predicted molar refractivity (Wildman–Crippen MR) is 120 cm³/mol. The van der Waals surface area contributed by atoms with E-state index < -0.39 is 34.8 Å². The summed E-state index contributed by atoms with van der Waals surface area (Å²) in [6.45, 7) is 1.67. The first-order valence-corrected chi connectivity index (χ1v) is 10.6. The van der Waals surface area contributed by atoms with Crippen molar-refractivity contribution in [2.75, 3.05) is 19.1 Å². The van der Waals surface area contributed by atoms with Crippen molar-refractivity contribution < 1.29 is 28.6 Å². The minimum absolute atomic E-state index is 0.0457. The lowest BCUT2D eigenvalue weighted by Gasteiger charge is -2.49. The van der Waals surface area contributed by atoms with Crippen LogP contribution in [0.15, 0.2) is 42.5 Å². The standard InChI is InChI=1S/C22H25FN6O6/c1-22(21(33-3)34-4)20(30)19(16-11-15(29(31)32)9-10-17(16)35-22)28(12-18-24-26-27(2)25-18)14-7-5-13(23)6-8-14/h5-11,19-21,30H,12H2,1-4H3. The Morgan fingerprint density at radius 3 is 2.54 bits per heavy atom. The van der Waals surface area contributed by atoms with Crippen molar-refractivity contribution in [1.29, 1.82) is 0 Å². The topological polar surface area (TPSA) is 138 Å². The van der Waals surface area contributed by atoms with Gasteiger partial charge in [0.25, 0.3) is 5.69 Å². The van der Waals surface area contributed by atoms with E-state index in [1.807, 2.05) is 0 Å². The summed E-state index contributed by atoms with van der Waals surface area (Å²) in [5.74, 6) is 0.171. The van der Waals surface area contributed by atoms with E-state index in [4.69, 9.17) is 14.2 Å². The number of ether oxygens (including phenoxy) is 3. The summed E-state index contributed by atoms with van der Waals surface area (Å²) < 4.78 is 30.8. The van der Waals surface area contributed by atoms with E-state index in [0.717, 1.165) is 0 Å². The molecule has 1 aliphatic rings. The number of nitrogens with zero attached hydrogens (tertiary/aromatic N) is 6. The molecule has 186 valence electrons. The molecule has 0 amide bonds. The Morgan fingerprint density at radius 1 is 1.29 bits per heavy atom. The molecule has 0 spiro atoms. The average Bonchev–Trinajstić information content (AvgIpc) is 3.24. The number of nitro groups is 1. The largest absolute Gasteiger partial charge is 0.479 e. The fourth-order valence-corrected chi connectivity index (χ4v) is 4.37. The molecule has 3 unspecified atom stereocenters. The number of aryl methyl sites for hydroxylation is 1. The number of rotatable bonds is 8. The SMILES string of the molecule is COC(OC)C1(C)Oc2ccc([N+](=O)[O-])cc2C(N(Cc2nnn(C)n2)c2ccc(F)cc2)C1O. The highest BCUT2D eigenvalue weighted by molar-refractivity contribution is 5.55. The van der Waals surface area contributed by atoms with Gasteiger partial charge in [-0.25, -0.2) is 4.39 Å². The second-order valence-corrected chi connectivity index (χ2v) is 8.26. The highest BCUT2D eigenvalue weighted by atomic mass is 19.1. The first kappa shape index (κ1) is 24.4. The molecule has 0 aliphatic carbocycles. The van der Waals surface area contributed by atoms with Gasteiger partial charge in [0.1, 0.15) is 17.7 Å². The number of aliphatic hydroxyl groups is 1. The lowest BCUT2D eigenvalue weighted by Crippen LogP contribution is -2.62. The van der Waals surface area contributed by atoms with Crippen LogP contribution in [0.3, 0.4) is 0 Å². The number of nitro benzene ring substituents is 1. The molecule has 0 fully saturated rings. The second-order valence-electron chi connectivity index (χ2n) is 8.26. The van der Waals surface area contributed by atoms with Gasteiger partial charge in [-0.3, -0.25) is 10.1 Å². The van der Waals surface area contributed by atoms with Crippen LogP contribution in [0.1, 0.15) is 24.4 Å². The Morgan fingerprint density at radius 2 is 1.97 bits per heavy atom. The lowest BCUT2D eigenvalue weighted by atomic mass is 9.83. The van der Waals surface area contributed by atoms with Crippen LogP contribution in [0.25, 0.3) is 0 Å². The number of tetrazole rings is 1. The smallest absolute Gasteiger partial charge is 0.270 e. The maximum absolute atomic E-state index is 13.8. The summed E-state index contributed by atoms with van der Waals surface area (Å²) in [4.78, 5) is 14.0. The van der Waals surface area contributed by atoms with Gasteiger partial charge in [-0.2, -0.15) is 4.80 Å². The number of benzene rings is 2. The Hall–Kier alpha value is -3.68. The summed E-state index contributed by atoms with van der Waals surface area (Å²) in [5, 5.41) is 35.4. The molecule has 3 atom stereocenters. The Kier molecular flexibility index (Phi) is 6.65. The maximum atomic E-state index is 13.8. The van der Waals surface area contributed by atoms with E-state index in [9.17, 15) is 19.6 Å². The number of hydrogen-bond acceptors (Lipinski definition) is 10. The van der Waals surface area contributed by atoms with Gasteiger partial charge in [-0.1, -0.05) is 0 Å². The second kappa shape index (κ2) is 9.52. The van der Waals surface area contributed by atoms with E-state index in [0.29, 0.717) is 22.8 Å². The molecular weight excluding hydrogens is 463 g/mol. The quantitative estimate of drug-likeness (QED) is 0.285. The van der Waals surface area contributed by atoms with Crippen molar-refractivity contribution >= 4 is 11.4 Å². The molecule has 3 aromatic rings. The third kappa shape index (κ3) is 4.52. The van der Waals surface area contributed by atoms with Crippen molar-refractivity contribution in [3.8, 4) is 5.75 Å². The zero-order valence-corrected chi connectivity index (χ0v) is 19.5. The number of aromatic nitrogens is 4. The molecule has 2 heterocycles. The monoisotopic (exact) mass is 488 g/mol. The van der Waals surface area contributed by atoms with E-state index in [1.165, 1.54) is 61.5 Å². The highest BCUT2D eigenvalue weighted by Crippen LogP contribution is 2.47. The fraction of sp³-hybridized carbons (Fsp3) is 0.409. The van der Waals surface area contributed by atoms with E-state index in [-0.39, 0.29) is 12.2 Å². The van der Waals surface area contributed by atoms with Gasteiger partial charge in [0.05, 0.1) is 24.6 Å². The summed E-state index contributed by atoms with van der Waals surface area (Å²) in [5.41, 5.74) is -0.745. The number of fused-ring (bicyclic) bond motifs is 1. The van der Waals surface area contributed by atoms with Crippen LogP contribution in [0, 0.1) is 15.9 Å². The molecule has 12 nitrogen and oxygen atoms in total. The van der Waals surface area contributed by atoms with Gasteiger partial charge in [0.2, 0.25) is 0 Å². The molecule has 4 rings (SSSR count). The van der Waals surface area contributed by atoms with E-state index >= 15 is 0 Å². The molecule has 0 saturated carbocycles. The Balaban J connectivity index is 1.92. The van der Waals surface area contributed by atoms with E-state index in [1.54, 1.807) is 18.9 Å². The molecule has 0 saturated heterocycles. The zero-order chi connectivity index (χ0) is 25.3. The van der Waals surface area contributed by atoms with Crippen LogP contribution in [0.2, 0.25) is 0 Å². The number of non-ortho nitro benzene ring substituents is 1. The van der Waals surface area contributed by atoms with Crippen LogP contribution in [-0.4, -0.2) is 62.5 Å². The lowest BCUT2D eigenvalue weighted by molar-refractivity contribution is -0.385. The molecule has 0 bridgehead atoms. The molecule has 13 heteroatoms. The van der Waals surface area contributed by atoms with Crippen LogP contribution in [-0.2, 0) is 23.1 Å². The third-order valence-electron chi connectivity index (χ3n) is 5.99. The Labute approximate surface area is 200 Å². The number of methoxy groups -OCH3 is 2. The van der Waals surface area contributed by atoms with Crippen molar-refractivity contribution in [2.45, 2.75) is 37.5 Å². The van der Waals surface area contributed by atoms with E-state index in [2.05, 4.69) is 15.4 Å². The average molecular weight is 488 g/mol. The molecule has 1 N–H and O–H groups in total. The molecular formula is C22H25FN6O6. The van der Waals surface area contributed by atoms with Crippen molar-refractivity contribution in [1.82, 2.24) is 20.2 Å². The first-order chi connectivity index (χ1) is 16.7. The summed E-state index contributed by atoms with van der Waals surface area (Å²) in [7, 11) is 4.44. The molecule has 35 heavy (non-hydrogen) atoms. The molecule has 1 aliphatic heterocycles. The minimum atomic E-state index is -1.43. The number of anilines is 1. The number of hydrogen-bond donors (Lipinski definition) is 1. The van der Waals surface area contributed by atoms with Gasteiger partial charge in [-0.05, 0) is 42.5 Å². The van der Waals surface area contributed by atoms with Crippen molar-refractivity contribution in [2.24, 2.45) is 7.05 Å². The van der Waals surface area contributed by atoms with Crippen LogP contribution >= 0.6 is 0 Å². The Bertz CT molecular complexity index is 1200. The third-order valence-corrected chi connectivity index (χ3v) is 5.99. The summed E-state index contributed by atoms with van der Waals surface area (Å²) in [6, 6.07) is 8.82. The van der Waals surface area contributed by atoms with Crippen LogP contribution < -0.4 is 9.64 Å². The molecule has 1 aromatic heterocycles. The van der Waals surface area contributed by atoms with Crippen molar-refractivity contribution in [3.63, 3.8) is 0 Å². The number of halogens is 1. The number of aliphatic hydroxyl groups excluding tert-OH is 1. The van der Waals surface area contributed by atoms with Gasteiger partial charge in [0, 0.05) is 37.6 Å². The van der Waals surface area contributed by atoms with Gasteiger partial charge >= 0.3 is 0 Å². The van der Waals surface area contributed by atoms with Crippen LogP contribution in [0.4, 0.5) is 15.8 Å². The van der Waals surface area contributed by atoms with Gasteiger partial charge < -0.3 is 24.2 Å². The molecule has 2 aromatic carbocycles. The minimum Gasteiger partial charge on any atom is -0.479 e. The normalized spacial score (nSPS) is 21.5. The highest BCUT2D eigenvalue weighted by Gasteiger charge is 2.54. The van der Waals surface area contributed by atoms with Gasteiger partial charge in [0.15, 0.2) is 17.7 Å². The maximum Gasteiger partial charge on any atom is 0.270 e.